The Bertz CT molecular complexity index is 865. The van der Waals surface area contributed by atoms with Crippen LogP contribution in [0.1, 0.15) is 92.4 Å². The Morgan fingerprint density at radius 1 is 0.969 bits per heavy atom. The highest BCUT2D eigenvalue weighted by molar-refractivity contribution is 5.32. The summed E-state index contributed by atoms with van der Waals surface area (Å²) in [4.78, 5) is 0. The van der Waals surface area contributed by atoms with Crippen molar-refractivity contribution in [3.8, 4) is 6.07 Å². The molecule has 12 atom stereocenters. The van der Waals surface area contributed by atoms with Crippen LogP contribution in [0, 0.1) is 62.1 Å². The van der Waals surface area contributed by atoms with E-state index in [2.05, 4.69) is 40.7 Å². The summed E-state index contributed by atoms with van der Waals surface area (Å²) in [5.41, 5.74) is 0.686. The lowest BCUT2D eigenvalue weighted by Gasteiger charge is -2.63. The maximum atomic E-state index is 12.0. The van der Waals surface area contributed by atoms with Gasteiger partial charge in [0.15, 0.2) is 0 Å². The SMILES string of the molecule is C[C@@H]1CC(CC#N)OC2[C@H]1C1(C)CCC34CC35CCC(O)C(C)(C)[C@@H]5CCC4[C@]1(C)[C@H]2O. The smallest absolute Gasteiger partial charge is 0.0879 e. The van der Waals surface area contributed by atoms with Gasteiger partial charge in [0.2, 0.25) is 0 Å². The molecular weight excluding hydrogens is 398 g/mol. The number of nitriles is 1. The summed E-state index contributed by atoms with van der Waals surface area (Å²) in [5, 5.41) is 32.1. The van der Waals surface area contributed by atoms with Gasteiger partial charge in [-0.2, -0.15) is 5.26 Å². The number of aliphatic hydroxyl groups excluding tert-OH is 2. The monoisotopic (exact) mass is 441 g/mol. The first-order chi connectivity index (χ1) is 15.0. The quantitative estimate of drug-likeness (QED) is 0.595. The molecule has 1 heterocycles. The zero-order valence-electron chi connectivity index (χ0n) is 20.7. The molecule has 2 spiro atoms. The lowest BCUT2D eigenvalue weighted by molar-refractivity contribution is -0.182. The molecule has 1 saturated heterocycles. The van der Waals surface area contributed by atoms with Crippen LogP contribution >= 0.6 is 0 Å². The lowest BCUT2D eigenvalue weighted by atomic mass is 9.41. The molecule has 6 rings (SSSR count). The van der Waals surface area contributed by atoms with Crippen molar-refractivity contribution in [2.75, 3.05) is 0 Å². The van der Waals surface area contributed by atoms with Crippen LogP contribution in [0.5, 0.6) is 0 Å². The molecule has 1 aliphatic heterocycles. The largest absolute Gasteiger partial charge is 0.393 e. The van der Waals surface area contributed by atoms with Gasteiger partial charge in [0.25, 0.3) is 0 Å². The van der Waals surface area contributed by atoms with E-state index in [1.165, 1.54) is 38.5 Å². The third-order valence-corrected chi connectivity index (χ3v) is 13.2. The highest BCUT2D eigenvalue weighted by Crippen LogP contribution is 2.89. The van der Waals surface area contributed by atoms with E-state index < -0.39 is 6.10 Å². The summed E-state index contributed by atoms with van der Waals surface area (Å²) in [5.74, 6) is 2.02. The topological polar surface area (TPSA) is 73.5 Å². The highest BCUT2D eigenvalue weighted by Gasteiger charge is 2.84. The highest BCUT2D eigenvalue weighted by atomic mass is 16.5. The van der Waals surface area contributed by atoms with Gasteiger partial charge in [-0.3, -0.25) is 0 Å². The second kappa shape index (κ2) is 6.32. The van der Waals surface area contributed by atoms with E-state index in [-0.39, 0.29) is 34.6 Å². The normalized spacial score (nSPS) is 61.9. The molecule has 32 heavy (non-hydrogen) atoms. The number of rotatable bonds is 1. The molecule has 5 aliphatic carbocycles. The van der Waals surface area contributed by atoms with Crippen molar-refractivity contribution in [1.82, 2.24) is 0 Å². The molecule has 0 radical (unpaired) electrons. The second-order valence-corrected chi connectivity index (χ2v) is 14.0. The Balaban J connectivity index is 1.39. The van der Waals surface area contributed by atoms with E-state index in [1.54, 1.807) is 0 Å². The zero-order valence-corrected chi connectivity index (χ0v) is 20.7. The van der Waals surface area contributed by atoms with Gasteiger partial charge in [0.1, 0.15) is 0 Å². The van der Waals surface area contributed by atoms with Crippen molar-refractivity contribution in [2.45, 2.75) is 117 Å². The average Bonchev–Trinajstić information content (AvgIpc) is 3.36. The maximum absolute atomic E-state index is 12.0. The molecule has 0 bridgehead atoms. The molecule has 0 amide bonds. The Hall–Kier alpha value is -0.630. The third-order valence-electron chi connectivity index (χ3n) is 13.2. The molecule has 5 saturated carbocycles. The third kappa shape index (κ3) is 2.17. The first-order valence-electron chi connectivity index (χ1n) is 13.4. The van der Waals surface area contributed by atoms with Crippen molar-refractivity contribution in [1.29, 1.82) is 5.26 Å². The van der Waals surface area contributed by atoms with Crippen molar-refractivity contribution < 1.29 is 14.9 Å². The number of fused-ring (bicyclic) bond motifs is 4. The number of hydrogen-bond acceptors (Lipinski definition) is 4. The van der Waals surface area contributed by atoms with E-state index in [0.29, 0.717) is 40.9 Å². The first-order valence-corrected chi connectivity index (χ1v) is 13.4. The fourth-order valence-corrected chi connectivity index (χ4v) is 11.6. The van der Waals surface area contributed by atoms with E-state index >= 15 is 0 Å². The van der Waals surface area contributed by atoms with Gasteiger partial charge in [-0.15, -0.1) is 0 Å². The molecule has 4 nitrogen and oxygen atoms in total. The van der Waals surface area contributed by atoms with E-state index in [1.807, 2.05) is 0 Å². The van der Waals surface area contributed by atoms with E-state index in [4.69, 9.17) is 4.74 Å². The van der Waals surface area contributed by atoms with Gasteiger partial charge in [0.05, 0.1) is 36.9 Å². The van der Waals surface area contributed by atoms with Gasteiger partial charge in [-0.1, -0.05) is 34.6 Å². The Morgan fingerprint density at radius 2 is 1.66 bits per heavy atom. The minimum absolute atomic E-state index is 0.00119. The average molecular weight is 442 g/mol. The summed E-state index contributed by atoms with van der Waals surface area (Å²) in [6, 6.07) is 2.31. The van der Waals surface area contributed by atoms with E-state index in [0.717, 1.165) is 12.8 Å². The fraction of sp³-hybridized carbons (Fsp3) is 0.964. The Kier molecular flexibility index (Phi) is 4.32. The van der Waals surface area contributed by atoms with Crippen LogP contribution in [0.25, 0.3) is 0 Å². The van der Waals surface area contributed by atoms with Crippen LogP contribution < -0.4 is 0 Å². The molecule has 6 aliphatic rings. The number of hydrogen-bond donors (Lipinski definition) is 2. The van der Waals surface area contributed by atoms with Crippen LogP contribution in [0.3, 0.4) is 0 Å². The van der Waals surface area contributed by atoms with Crippen LogP contribution in [0.2, 0.25) is 0 Å². The van der Waals surface area contributed by atoms with Crippen molar-refractivity contribution in [3.63, 3.8) is 0 Å². The summed E-state index contributed by atoms with van der Waals surface area (Å²) >= 11 is 0. The molecule has 6 fully saturated rings. The first kappa shape index (κ1) is 21.9. The summed E-state index contributed by atoms with van der Waals surface area (Å²) in [6.07, 6.45) is 8.87. The van der Waals surface area contributed by atoms with Gasteiger partial charge in [-0.25, -0.2) is 0 Å². The predicted octanol–water partition coefficient (Wildman–Crippen LogP) is 5.07. The number of nitrogens with zero attached hydrogens (tertiary/aromatic N) is 1. The Morgan fingerprint density at radius 3 is 2.38 bits per heavy atom. The molecule has 7 unspecified atom stereocenters. The zero-order chi connectivity index (χ0) is 22.9. The van der Waals surface area contributed by atoms with Crippen LogP contribution in [-0.2, 0) is 4.74 Å². The maximum Gasteiger partial charge on any atom is 0.0879 e. The van der Waals surface area contributed by atoms with Crippen LogP contribution in [0.15, 0.2) is 0 Å². The summed E-state index contributed by atoms with van der Waals surface area (Å²) in [7, 11) is 0. The molecule has 2 N–H and O–H groups in total. The van der Waals surface area contributed by atoms with Crippen LogP contribution in [0.4, 0.5) is 0 Å². The Labute approximate surface area is 194 Å². The fourth-order valence-electron chi connectivity index (χ4n) is 11.6. The molecule has 0 aromatic carbocycles. The predicted molar refractivity (Wildman–Crippen MR) is 122 cm³/mol. The van der Waals surface area contributed by atoms with E-state index in [9.17, 15) is 15.5 Å². The molecule has 178 valence electrons. The van der Waals surface area contributed by atoms with Crippen molar-refractivity contribution in [3.05, 3.63) is 0 Å². The standard InChI is InChI=1S/C28H43NO3/c1-16-14-17(9-13-29)32-22-21(16)25(4)11-12-28-15-27(28)10-8-20(30)24(2,3)18(27)6-7-19(28)26(25,5)23(22)31/h16-23,30-31H,6-12,14-15H2,1-5H3/t16-,17?,18+,19?,20?,21+,22?,23+,25?,26-,27?,28?/m1/s1. The second-order valence-electron chi connectivity index (χ2n) is 14.0. The summed E-state index contributed by atoms with van der Waals surface area (Å²) in [6.45, 7) is 11.9. The van der Waals surface area contributed by atoms with Crippen molar-refractivity contribution >= 4 is 0 Å². The molecule has 0 aromatic rings. The molecule has 4 heteroatoms. The molecule has 0 aromatic heterocycles. The molecular formula is C28H43NO3. The minimum Gasteiger partial charge on any atom is -0.393 e. The number of aliphatic hydroxyl groups is 2. The lowest BCUT2D eigenvalue weighted by Crippen LogP contribution is -2.59. The van der Waals surface area contributed by atoms with Crippen molar-refractivity contribution in [2.24, 2.45) is 50.7 Å². The van der Waals surface area contributed by atoms with Gasteiger partial charge >= 0.3 is 0 Å². The minimum atomic E-state index is -0.444. The van der Waals surface area contributed by atoms with Gasteiger partial charge in [-0.05, 0) is 96.7 Å². The van der Waals surface area contributed by atoms with Crippen LogP contribution in [-0.4, -0.2) is 34.6 Å². The van der Waals surface area contributed by atoms with Gasteiger partial charge in [0, 0.05) is 5.41 Å². The number of ether oxygens (including phenoxy) is 1. The van der Waals surface area contributed by atoms with Gasteiger partial charge < -0.3 is 14.9 Å². The summed E-state index contributed by atoms with van der Waals surface area (Å²) < 4.78 is 6.53.